The smallest absolute Gasteiger partial charge is 0.320 e. The summed E-state index contributed by atoms with van der Waals surface area (Å²) in [5.41, 5.74) is 6.33. The van der Waals surface area contributed by atoms with Gasteiger partial charge in [-0.1, -0.05) is 12.1 Å². The molecule has 0 spiro atoms. The molecular formula is C14H15N3O3S. The van der Waals surface area contributed by atoms with Gasteiger partial charge in [-0.05, 0) is 30.4 Å². The van der Waals surface area contributed by atoms with E-state index >= 15 is 0 Å². The maximum absolute atomic E-state index is 10.7. The van der Waals surface area contributed by atoms with Gasteiger partial charge < -0.3 is 15.6 Å². The number of carboxylic acids is 1. The van der Waals surface area contributed by atoms with Gasteiger partial charge in [0.25, 0.3) is 0 Å². The van der Waals surface area contributed by atoms with Gasteiger partial charge in [0, 0.05) is 6.07 Å². The first-order valence-corrected chi connectivity index (χ1v) is 7.42. The molecule has 0 radical (unpaired) electrons. The van der Waals surface area contributed by atoms with Crippen molar-refractivity contribution in [3.05, 3.63) is 42.2 Å². The van der Waals surface area contributed by atoms with Gasteiger partial charge in [0.2, 0.25) is 5.88 Å². The molecule has 1 heterocycles. The van der Waals surface area contributed by atoms with Crippen LogP contribution in [0, 0.1) is 0 Å². The van der Waals surface area contributed by atoms with Crippen LogP contribution in [0.4, 0.5) is 0 Å². The van der Waals surface area contributed by atoms with E-state index < -0.39 is 12.0 Å². The zero-order valence-corrected chi connectivity index (χ0v) is 12.2. The first-order chi connectivity index (χ1) is 10.1. The predicted molar refractivity (Wildman–Crippen MR) is 79.6 cm³/mol. The van der Waals surface area contributed by atoms with E-state index in [1.54, 1.807) is 30.3 Å². The van der Waals surface area contributed by atoms with Gasteiger partial charge in [-0.2, -0.15) is 0 Å². The summed E-state index contributed by atoms with van der Waals surface area (Å²) in [4.78, 5) is 18.8. The third-order valence-corrected chi connectivity index (χ3v) is 3.39. The average molecular weight is 305 g/mol. The summed E-state index contributed by atoms with van der Waals surface area (Å²) in [6, 6.07) is 7.93. The molecule has 0 fully saturated rings. The highest BCUT2D eigenvalue weighted by Gasteiger charge is 2.12. The maximum atomic E-state index is 10.7. The lowest BCUT2D eigenvalue weighted by Crippen LogP contribution is -2.32. The highest BCUT2D eigenvalue weighted by molar-refractivity contribution is 7.98. The summed E-state index contributed by atoms with van der Waals surface area (Å²) in [5, 5.41) is 9.60. The number of hydrogen-bond acceptors (Lipinski definition) is 6. The SMILES string of the molecule is CSc1cc(Oc2ccc(C[C@H](N)C(=O)O)cc2)ncn1. The Morgan fingerprint density at radius 1 is 1.38 bits per heavy atom. The Labute approximate surface area is 126 Å². The largest absolute Gasteiger partial charge is 0.480 e. The van der Waals surface area contributed by atoms with Crippen LogP contribution < -0.4 is 10.5 Å². The van der Waals surface area contributed by atoms with Gasteiger partial charge >= 0.3 is 5.97 Å². The van der Waals surface area contributed by atoms with Crippen molar-refractivity contribution in [1.82, 2.24) is 9.97 Å². The monoisotopic (exact) mass is 305 g/mol. The summed E-state index contributed by atoms with van der Waals surface area (Å²) in [6.07, 6.45) is 3.65. The third-order valence-electron chi connectivity index (χ3n) is 2.74. The van der Waals surface area contributed by atoms with Crippen molar-refractivity contribution in [2.24, 2.45) is 5.73 Å². The van der Waals surface area contributed by atoms with Gasteiger partial charge in [0.15, 0.2) is 0 Å². The first kappa shape index (κ1) is 15.3. The van der Waals surface area contributed by atoms with E-state index in [1.165, 1.54) is 18.1 Å². The quantitative estimate of drug-likeness (QED) is 0.621. The number of thioether (sulfide) groups is 1. The Kier molecular flexibility index (Phi) is 5.13. The van der Waals surface area contributed by atoms with Crippen LogP contribution in [0.2, 0.25) is 0 Å². The first-order valence-electron chi connectivity index (χ1n) is 6.19. The second kappa shape index (κ2) is 7.05. The second-order valence-corrected chi connectivity index (χ2v) is 5.12. The van der Waals surface area contributed by atoms with E-state index in [-0.39, 0.29) is 6.42 Å². The molecular weight excluding hydrogens is 290 g/mol. The molecule has 1 aromatic heterocycles. The molecule has 0 aliphatic heterocycles. The van der Waals surface area contributed by atoms with E-state index in [0.29, 0.717) is 11.6 Å². The number of carbonyl (C=O) groups is 1. The number of nitrogens with zero attached hydrogens (tertiary/aromatic N) is 2. The number of rotatable bonds is 6. The van der Waals surface area contributed by atoms with Crippen molar-refractivity contribution in [2.75, 3.05) is 6.26 Å². The molecule has 2 rings (SSSR count). The second-order valence-electron chi connectivity index (χ2n) is 4.29. The van der Waals surface area contributed by atoms with E-state index in [9.17, 15) is 4.79 Å². The molecule has 7 heteroatoms. The van der Waals surface area contributed by atoms with Crippen molar-refractivity contribution in [2.45, 2.75) is 17.5 Å². The topological polar surface area (TPSA) is 98.3 Å². The molecule has 0 aliphatic carbocycles. The van der Waals surface area contributed by atoms with Crippen molar-refractivity contribution in [3.8, 4) is 11.6 Å². The fourth-order valence-electron chi connectivity index (χ4n) is 1.65. The van der Waals surface area contributed by atoms with Gasteiger partial charge in [-0.15, -0.1) is 11.8 Å². The van der Waals surface area contributed by atoms with Gasteiger partial charge in [0.1, 0.15) is 23.1 Å². The molecule has 0 amide bonds. The lowest BCUT2D eigenvalue weighted by molar-refractivity contribution is -0.138. The van der Waals surface area contributed by atoms with E-state index in [4.69, 9.17) is 15.6 Å². The molecule has 2 aromatic rings. The van der Waals surface area contributed by atoms with E-state index in [2.05, 4.69) is 9.97 Å². The summed E-state index contributed by atoms with van der Waals surface area (Å²) < 4.78 is 5.62. The fraction of sp³-hybridized carbons (Fsp3) is 0.214. The Balaban J connectivity index is 2.03. The maximum Gasteiger partial charge on any atom is 0.320 e. The summed E-state index contributed by atoms with van der Waals surface area (Å²) in [7, 11) is 0. The van der Waals surface area contributed by atoms with Gasteiger partial charge in [0.05, 0.1) is 0 Å². The summed E-state index contributed by atoms with van der Waals surface area (Å²) in [5.74, 6) is 0.0682. The van der Waals surface area contributed by atoms with E-state index in [0.717, 1.165) is 10.6 Å². The number of carboxylic acid groups (broad SMARTS) is 1. The van der Waals surface area contributed by atoms with Crippen LogP contribution in [0.25, 0.3) is 0 Å². The molecule has 3 N–H and O–H groups in total. The van der Waals surface area contributed by atoms with E-state index in [1.807, 2.05) is 6.26 Å². The Bertz CT molecular complexity index is 619. The molecule has 21 heavy (non-hydrogen) atoms. The van der Waals surface area contributed by atoms with Crippen molar-refractivity contribution >= 4 is 17.7 Å². The van der Waals surface area contributed by atoms with Gasteiger partial charge in [-0.25, -0.2) is 9.97 Å². The fourth-order valence-corrected chi connectivity index (χ4v) is 2.02. The minimum Gasteiger partial charge on any atom is -0.480 e. The van der Waals surface area contributed by atoms with Crippen LogP contribution in [0.5, 0.6) is 11.6 Å². The van der Waals surface area contributed by atoms with Crippen LogP contribution >= 0.6 is 11.8 Å². The van der Waals surface area contributed by atoms with Crippen LogP contribution in [0.1, 0.15) is 5.56 Å². The minimum absolute atomic E-state index is 0.278. The molecule has 0 aliphatic rings. The molecule has 0 bridgehead atoms. The highest BCUT2D eigenvalue weighted by atomic mass is 32.2. The lowest BCUT2D eigenvalue weighted by atomic mass is 10.1. The molecule has 110 valence electrons. The number of ether oxygens (including phenoxy) is 1. The zero-order chi connectivity index (χ0) is 15.2. The van der Waals surface area contributed by atoms with Crippen LogP contribution in [-0.4, -0.2) is 33.3 Å². The van der Waals surface area contributed by atoms with Crippen LogP contribution in [-0.2, 0) is 11.2 Å². The Morgan fingerprint density at radius 3 is 2.71 bits per heavy atom. The average Bonchev–Trinajstić information content (AvgIpc) is 2.49. The molecule has 6 nitrogen and oxygen atoms in total. The molecule has 1 aromatic carbocycles. The van der Waals surface area contributed by atoms with Crippen LogP contribution in [0.15, 0.2) is 41.7 Å². The number of aromatic nitrogens is 2. The normalized spacial score (nSPS) is 11.9. The van der Waals surface area contributed by atoms with Crippen molar-refractivity contribution in [3.63, 3.8) is 0 Å². The van der Waals surface area contributed by atoms with Crippen LogP contribution in [0.3, 0.4) is 0 Å². The molecule has 0 saturated carbocycles. The predicted octanol–water partition coefficient (Wildman–Crippen LogP) is 1.95. The lowest BCUT2D eigenvalue weighted by Gasteiger charge is -2.08. The molecule has 0 saturated heterocycles. The van der Waals surface area contributed by atoms with Crippen molar-refractivity contribution < 1.29 is 14.6 Å². The number of hydrogen-bond donors (Lipinski definition) is 2. The van der Waals surface area contributed by atoms with Crippen molar-refractivity contribution in [1.29, 1.82) is 0 Å². The molecule has 0 unspecified atom stereocenters. The Morgan fingerprint density at radius 2 is 2.10 bits per heavy atom. The highest BCUT2D eigenvalue weighted by Crippen LogP contribution is 2.22. The number of benzene rings is 1. The summed E-state index contributed by atoms with van der Waals surface area (Å²) >= 11 is 1.50. The minimum atomic E-state index is -1.01. The standard InChI is InChI=1S/C14H15N3O3S/c1-21-13-7-12(16-8-17-13)20-10-4-2-9(3-5-10)6-11(15)14(18)19/h2-5,7-8,11H,6,15H2,1H3,(H,18,19)/t11-/m0/s1. The summed E-state index contributed by atoms with van der Waals surface area (Å²) in [6.45, 7) is 0. The Hall–Kier alpha value is -2.12. The van der Waals surface area contributed by atoms with Gasteiger partial charge in [-0.3, -0.25) is 4.79 Å². The number of aliphatic carboxylic acids is 1. The number of nitrogens with two attached hydrogens (primary N) is 1. The molecule has 1 atom stereocenters. The third kappa shape index (κ3) is 4.44. The zero-order valence-electron chi connectivity index (χ0n) is 11.4.